The first-order valence-corrected chi connectivity index (χ1v) is 4.25. The minimum atomic E-state index is 0. The van der Waals surface area contributed by atoms with Gasteiger partial charge in [-0.25, -0.2) is 0 Å². The van der Waals surface area contributed by atoms with E-state index in [0.29, 0.717) is 5.92 Å². The number of amidine groups is 1. The van der Waals surface area contributed by atoms with Crippen molar-refractivity contribution in [1.82, 2.24) is 5.32 Å². The third kappa shape index (κ3) is 5.71. The van der Waals surface area contributed by atoms with E-state index < -0.39 is 0 Å². The molecule has 2 heteroatoms. The number of hydrogen-bond acceptors (Lipinski definition) is 1. The maximum absolute atomic E-state index is 4.32. The van der Waals surface area contributed by atoms with Gasteiger partial charge in [0.15, 0.2) is 0 Å². The lowest BCUT2D eigenvalue weighted by Gasteiger charge is -2.02. The van der Waals surface area contributed by atoms with Crippen LogP contribution >= 0.6 is 0 Å². The maximum Gasteiger partial charge on any atom is 0.124 e. The average Bonchev–Trinajstić information content (AvgIpc) is 2.05. The minimum absolute atomic E-state index is 0. The van der Waals surface area contributed by atoms with E-state index in [1.807, 2.05) is 19.2 Å². The Kier molecular flexibility index (Phi) is 6.07. The molecule has 1 N–H and O–H groups in total. The molecule has 0 bridgehead atoms. The van der Waals surface area contributed by atoms with Gasteiger partial charge in [0, 0.05) is 7.97 Å². The molecular formula is C10H20N2. The molecule has 0 fully saturated rings. The number of rotatable bonds is 4. The highest BCUT2D eigenvalue weighted by molar-refractivity contribution is 5.93. The molecule has 0 heterocycles. The highest BCUT2D eigenvalue weighted by Crippen LogP contribution is 1.91. The van der Waals surface area contributed by atoms with Gasteiger partial charge in [-0.2, -0.15) is 0 Å². The summed E-state index contributed by atoms with van der Waals surface area (Å²) in [5.74, 6) is 1.43. The van der Waals surface area contributed by atoms with Crippen molar-refractivity contribution >= 4 is 5.84 Å². The van der Waals surface area contributed by atoms with Crippen molar-refractivity contribution in [3.63, 3.8) is 0 Å². The van der Waals surface area contributed by atoms with Crippen LogP contribution in [0.2, 0.25) is 0 Å². The van der Waals surface area contributed by atoms with Crippen LogP contribution in [0.1, 0.15) is 22.2 Å². The van der Waals surface area contributed by atoms with Crippen molar-refractivity contribution in [3.05, 3.63) is 24.9 Å². The Morgan fingerprint density at radius 3 is 2.75 bits per heavy atom. The van der Waals surface area contributed by atoms with Crippen molar-refractivity contribution < 1.29 is 1.43 Å². The molecule has 0 saturated carbocycles. The molecule has 0 aliphatic carbocycles. The molecule has 0 aromatic rings. The van der Waals surface area contributed by atoms with Gasteiger partial charge in [0.2, 0.25) is 0 Å². The van der Waals surface area contributed by atoms with Gasteiger partial charge in [0.1, 0.15) is 5.84 Å². The molecule has 12 heavy (non-hydrogen) atoms. The van der Waals surface area contributed by atoms with Crippen molar-refractivity contribution in [3.8, 4) is 0 Å². The van der Waals surface area contributed by atoms with Crippen LogP contribution < -0.4 is 5.32 Å². The summed E-state index contributed by atoms with van der Waals surface area (Å²) in [5.41, 5.74) is 0. The SMILES string of the molecule is C=CC(=NCC(C)C)N/C=C\C.[HH]. The third-order valence-corrected chi connectivity index (χ3v) is 1.22. The zero-order chi connectivity index (χ0) is 9.40. The van der Waals surface area contributed by atoms with Gasteiger partial charge in [0.05, 0.1) is 0 Å². The van der Waals surface area contributed by atoms with Crippen molar-refractivity contribution in [2.24, 2.45) is 10.9 Å². The van der Waals surface area contributed by atoms with Gasteiger partial charge in [-0.05, 0) is 25.1 Å². The third-order valence-electron chi connectivity index (χ3n) is 1.22. The molecule has 0 saturated heterocycles. The first-order chi connectivity index (χ1) is 5.70. The van der Waals surface area contributed by atoms with Gasteiger partial charge in [-0.15, -0.1) is 0 Å². The fraction of sp³-hybridized carbons (Fsp3) is 0.500. The van der Waals surface area contributed by atoms with Crippen molar-refractivity contribution in [1.29, 1.82) is 0 Å². The number of nitrogens with one attached hydrogen (secondary N) is 1. The van der Waals surface area contributed by atoms with Crippen molar-refractivity contribution in [2.45, 2.75) is 20.8 Å². The van der Waals surface area contributed by atoms with Crippen LogP contribution in [0.5, 0.6) is 0 Å². The molecule has 0 unspecified atom stereocenters. The lowest BCUT2D eigenvalue weighted by Crippen LogP contribution is -2.15. The summed E-state index contributed by atoms with van der Waals surface area (Å²) in [6, 6.07) is 0. The molecule has 0 aromatic carbocycles. The molecule has 0 spiro atoms. The Labute approximate surface area is 76.6 Å². The standard InChI is InChI=1S/C10H18N2.H2/c1-5-7-11-10(6-2)12-8-9(3)4;/h5-7,9H,2,8H2,1,3-4H3,(H,11,12);1H/b7-5-;. The second kappa shape index (κ2) is 6.65. The van der Waals surface area contributed by atoms with Crippen LogP contribution in [0.3, 0.4) is 0 Å². The molecule has 0 aliphatic rings. The average molecular weight is 168 g/mol. The molecule has 70 valence electrons. The van der Waals surface area contributed by atoms with E-state index in [4.69, 9.17) is 0 Å². The summed E-state index contributed by atoms with van der Waals surface area (Å²) >= 11 is 0. The number of nitrogens with zero attached hydrogens (tertiary/aromatic N) is 1. The van der Waals surface area contributed by atoms with Gasteiger partial charge < -0.3 is 5.32 Å². The van der Waals surface area contributed by atoms with Gasteiger partial charge >= 0.3 is 0 Å². The molecule has 0 radical (unpaired) electrons. The second-order valence-corrected chi connectivity index (χ2v) is 2.97. The summed E-state index contributed by atoms with van der Waals surface area (Å²) in [6.45, 7) is 10.7. The maximum atomic E-state index is 4.32. The zero-order valence-electron chi connectivity index (χ0n) is 8.17. The molecular weight excluding hydrogens is 148 g/mol. The van der Waals surface area contributed by atoms with Crippen LogP contribution in [0.25, 0.3) is 0 Å². The molecule has 2 nitrogen and oxygen atoms in total. The largest absolute Gasteiger partial charge is 0.347 e. The molecule has 0 aliphatic heterocycles. The van der Waals surface area contributed by atoms with Crippen LogP contribution in [0.4, 0.5) is 0 Å². The van der Waals surface area contributed by atoms with E-state index in [0.717, 1.165) is 12.4 Å². The predicted molar refractivity (Wildman–Crippen MR) is 57.4 cm³/mol. The van der Waals surface area contributed by atoms with E-state index in [1.165, 1.54) is 0 Å². The number of hydrogen-bond donors (Lipinski definition) is 1. The van der Waals surface area contributed by atoms with Gasteiger partial charge in [-0.1, -0.05) is 26.5 Å². The Morgan fingerprint density at radius 1 is 1.67 bits per heavy atom. The van der Waals surface area contributed by atoms with Gasteiger partial charge in [0.25, 0.3) is 0 Å². The molecule has 0 atom stereocenters. The predicted octanol–water partition coefficient (Wildman–Crippen LogP) is 2.60. The zero-order valence-corrected chi connectivity index (χ0v) is 8.17. The fourth-order valence-corrected chi connectivity index (χ4v) is 0.619. The van der Waals surface area contributed by atoms with Gasteiger partial charge in [-0.3, -0.25) is 4.99 Å². The summed E-state index contributed by atoms with van der Waals surface area (Å²) in [7, 11) is 0. The first-order valence-electron chi connectivity index (χ1n) is 4.25. The highest BCUT2D eigenvalue weighted by Gasteiger charge is 1.91. The van der Waals surface area contributed by atoms with E-state index >= 15 is 0 Å². The second-order valence-electron chi connectivity index (χ2n) is 2.97. The fourth-order valence-electron chi connectivity index (χ4n) is 0.619. The summed E-state index contributed by atoms with van der Waals surface area (Å²) in [6.07, 6.45) is 5.50. The Morgan fingerprint density at radius 2 is 2.33 bits per heavy atom. The first kappa shape index (κ1) is 11.0. The lowest BCUT2D eigenvalue weighted by atomic mass is 10.2. The quantitative estimate of drug-likeness (QED) is 0.506. The monoisotopic (exact) mass is 168 g/mol. The van der Waals surface area contributed by atoms with Crippen LogP contribution in [-0.2, 0) is 0 Å². The summed E-state index contributed by atoms with van der Waals surface area (Å²) < 4.78 is 0. The molecule has 0 aromatic heterocycles. The van der Waals surface area contributed by atoms with Crippen LogP contribution in [-0.4, -0.2) is 12.4 Å². The Hall–Kier alpha value is -1.05. The van der Waals surface area contributed by atoms with E-state index in [-0.39, 0.29) is 1.43 Å². The normalized spacial score (nSPS) is 12.5. The number of aliphatic imine (C=N–C) groups is 1. The summed E-state index contributed by atoms with van der Waals surface area (Å²) in [5, 5.41) is 3.03. The Bertz CT molecular complexity index is 183. The van der Waals surface area contributed by atoms with Crippen LogP contribution in [0, 0.1) is 5.92 Å². The van der Waals surface area contributed by atoms with Crippen molar-refractivity contribution in [2.75, 3.05) is 6.54 Å². The number of allylic oxidation sites excluding steroid dienone is 1. The smallest absolute Gasteiger partial charge is 0.124 e. The summed E-state index contributed by atoms with van der Waals surface area (Å²) in [4.78, 5) is 4.32. The van der Waals surface area contributed by atoms with E-state index in [1.54, 1.807) is 6.08 Å². The minimum Gasteiger partial charge on any atom is -0.347 e. The highest BCUT2D eigenvalue weighted by atomic mass is 15.0. The molecule has 0 rings (SSSR count). The molecule has 0 amide bonds. The lowest BCUT2D eigenvalue weighted by molar-refractivity contribution is 0.664. The van der Waals surface area contributed by atoms with E-state index in [2.05, 4.69) is 30.7 Å². The van der Waals surface area contributed by atoms with Crippen LogP contribution in [0.15, 0.2) is 29.9 Å². The topological polar surface area (TPSA) is 24.4 Å². The Balaban J connectivity index is 0. The van der Waals surface area contributed by atoms with E-state index in [9.17, 15) is 0 Å².